The van der Waals surface area contributed by atoms with Gasteiger partial charge in [0.1, 0.15) is 5.78 Å². The first-order valence-electron chi connectivity index (χ1n) is 9.13. The first-order valence-corrected chi connectivity index (χ1v) is 9.92. The first kappa shape index (κ1) is 23.8. The highest BCUT2D eigenvalue weighted by atomic mass is 79.9. The summed E-state index contributed by atoms with van der Waals surface area (Å²) in [4.78, 5) is 22.7. The number of benzene rings is 1. The molecule has 25 heavy (non-hydrogen) atoms. The molecule has 0 aliphatic carbocycles. The number of hydrogen-bond acceptors (Lipinski definition) is 2. The average molecular weight is 409 g/mol. The van der Waals surface area contributed by atoms with Crippen molar-refractivity contribution in [1.82, 2.24) is 0 Å². The van der Waals surface area contributed by atoms with Gasteiger partial charge in [0.05, 0.1) is 0 Å². The lowest BCUT2D eigenvalue weighted by Gasteiger charge is -2.09. The van der Waals surface area contributed by atoms with E-state index in [0.29, 0.717) is 24.5 Å². The topological polar surface area (TPSA) is 34.1 Å². The van der Waals surface area contributed by atoms with E-state index in [0.717, 1.165) is 28.4 Å². The normalized spacial score (nSPS) is 11.5. The quantitative estimate of drug-likeness (QED) is 0.349. The number of hydrogen-bond donors (Lipinski definition) is 0. The van der Waals surface area contributed by atoms with Crippen LogP contribution in [-0.4, -0.2) is 11.6 Å². The Bertz CT molecular complexity index is 588. The van der Waals surface area contributed by atoms with Gasteiger partial charge in [0.25, 0.3) is 0 Å². The molecule has 0 spiro atoms. The van der Waals surface area contributed by atoms with E-state index in [9.17, 15) is 9.59 Å². The molecule has 0 aliphatic rings. The Hall–Kier alpha value is -1.22. The molecule has 0 saturated carbocycles. The summed E-state index contributed by atoms with van der Waals surface area (Å²) in [5.74, 6) is 1.15. The second-order valence-corrected chi connectivity index (χ2v) is 7.77. The lowest BCUT2D eigenvalue weighted by Crippen LogP contribution is -2.10. The zero-order chi connectivity index (χ0) is 19.6. The van der Waals surface area contributed by atoms with Crippen molar-refractivity contribution in [2.24, 2.45) is 11.8 Å². The van der Waals surface area contributed by atoms with Gasteiger partial charge in [-0.15, -0.1) is 0 Å². The summed E-state index contributed by atoms with van der Waals surface area (Å²) in [5.41, 5.74) is 3.16. The van der Waals surface area contributed by atoms with Crippen molar-refractivity contribution in [3.05, 3.63) is 46.0 Å². The van der Waals surface area contributed by atoms with Crippen molar-refractivity contribution < 1.29 is 9.59 Å². The van der Waals surface area contributed by atoms with E-state index in [-0.39, 0.29) is 11.7 Å². The zero-order valence-corrected chi connectivity index (χ0v) is 18.2. The number of rotatable bonds is 8. The minimum atomic E-state index is 0.0708. The second kappa shape index (κ2) is 12.2. The van der Waals surface area contributed by atoms with Crippen LogP contribution in [0.5, 0.6) is 0 Å². The highest BCUT2D eigenvalue weighted by molar-refractivity contribution is 9.10. The van der Waals surface area contributed by atoms with E-state index in [2.05, 4.69) is 36.4 Å². The van der Waals surface area contributed by atoms with E-state index in [4.69, 9.17) is 0 Å². The van der Waals surface area contributed by atoms with Crippen LogP contribution in [0.4, 0.5) is 0 Å². The maximum absolute atomic E-state index is 11.8. The fraction of sp³-hybridized carbons (Fsp3) is 0.545. The molecule has 1 aromatic rings. The Labute approximate surface area is 162 Å². The SMILES string of the molecule is C=C(C)C(C)CCC(=O)CC.CCc1cc(Br)ccc1C(=O)C(C)C. The Morgan fingerprint density at radius 2 is 1.76 bits per heavy atom. The van der Waals surface area contributed by atoms with Gasteiger partial charge in [0, 0.05) is 28.8 Å². The third-order valence-electron chi connectivity index (χ3n) is 4.33. The summed E-state index contributed by atoms with van der Waals surface area (Å²) >= 11 is 3.41. The zero-order valence-electron chi connectivity index (χ0n) is 16.6. The molecule has 1 aromatic carbocycles. The van der Waals surface area contributed by atoms with Crippen LogP contribution >= 0.6 is 15.9 Å². The van der Waals surface area contributed by atoms with Gasteiger partial charge in [-0.05, 0) is 43.4 Å². The van der Waals surface area contributed by atoms with Crippen molar-refractivity contribution in [1.29, 1.82) is 0 Å². The van der Waals surface area contributed by atoms with Gasteiger partial charge in [-0.3, -0.25) is 9.59 Å². The molecule has 2 nitrogen and oxygen atoms in total. The Morgan fingerprint density at radius 3 is 2.20 bits per heavy atom. The predicted octanol–water partition coefficient (Wildman–Crippen LogP) is 6.81. The molecule has 3 heteroatoms. The minimum Gasteiger partial charge on any atom is -0.300 e. The Morgan fingerprint density at radius 1 is 1.16 bits per heavy atom. The van der Waals surface area contributed by atoms with Crippen LogP contribution in [0.2, 0.25) is 0 Å². The highest BCUT2D eigenvalue weighted by Crippen LogP contribution is 2.20. The van der Waals surface area contributed by atoms with Crippen LogP contribution in [0, 0.1) is 11.8 Å². The van der Waals surface area contributed by atoms with E-state index in [1.165, 1.54) is 5.57 Å². The molecule has 0 aromatic heterocycles. The number of halogens is 1. The van der Waals surface area contributed by atoms with Gasteiger partial charge in [-0.25, -0.2) is 0 Å². The number of ketones is 2. The molecular formula is C22H33BrO2. The van der Waals surface area contributed by atoms with E-state index < -0.39 is 0 Å². The van der Waals surface area contributed by atoms with Gasteiger partial charge in [-0.1, -0.05) is 68.8 Å². The smallest absolute Gasteiger partial charge is 0.165 e. The third kappa shape index (κ3) is 9.15. The van der Waals surface area contributed by atoms with Gasteiger partial charge in [-0.2, -0.15) is 0 Å². The molecule has 0 N–H and O–H groups in total. The molecule has 1 atom stereocenters. The second-order valence-electron chi connectivity index (χ2n) is 6.85. The molecule has 1 unspecified atom stereocenters. The number of Topliss-reactive ketones (excluding diaryl/α,β-unsaturated/α-hetero) is 2. The van der Waals surface area contributed by atoms with Crippen LogP contribution in [0.1, 0.15) is 76.7 Å². The van der Waals surface area contributed by atoms with Crippen molar-refractivity contribution in [2.45, 2.75) is 67.2 Å². The molecule has 0 fully saturated rings. The fourth-order valence-corrected chi connectivity index (χ4v) is 2.62. The molecule has 140 valence electrons. The molecule has 0 amide bonds. The van der Waals surface area contributed by atoms with Crippen LogP contribution in [0.15, 0.2) is 34.8 Å². The summed E-state index contributed by atoms with van der Waals surface area (Å²) in [6.45, 7) is 15.8. The summed E-state index contributed by atoms with van der Waals surface area (Å²) in [6, 6.07) is 5.86. The average Bonchev–Trinajstić information content (AvgIpc) is 2.58. The number of carbonyl (C=O) groups is 2. The van der Waals surface area contributed by atoms with Crippen molar-refractivity contribution in [3.63, 3.8) is 0 Å². The van der Waals surface area contributed by atoms with E-state index >= 15 is 0 Å². The van der Waals surface area contributed by atoms with E-state index in [1.54, 1.807) is 0 Å². The predicted molar refractivity (Wildman–Crippen MR) is 111 cm³/mol. The van der Waals surface area contributed by atoms with Crippen molar-refractivity contribution >= 4 is 27.5 Å². The summed E-state index contributed by atoms with van der Waals surface area (Å²) in [7, 11) is 0. The van der Waals surface area contributed by atoms with Crippen molar-refractivity contribution in [3.8, 4) is 0 Å². The molecule has 0 bridgehead atoms. The summed E-state index contributed by atoms with van der Waals surface area (Å²) in [5, 5.41) is 0. The van der Waals surface area contributed by atoms with Gasteiger partial charge < -0.3 is 0 Å². The maximum atomic E-state index is 11.8. The van der Waals surface area contributed by atoms with Gasteiger partial charge in [0.15, 0.2) is 5.78 Å². The Kier molecular flexibility index (Phi) is 11.6. The number of carbonyl (C=O) groups excluding carboxylic acids is 2. The number of aryl methyl sites for hydroxylation is 1. The molecule has 1 rings (SSSR count). The first-order chi connectivity index (χ1) is 11.6. The molecule has 0 heterocycles. The molecule has 0 saturated heterocycles. The molecule has 0 radical (unpaired) electrons. The van der Waals surface area contributed by atoms with Gasteiger partial charge in [0.2, 0.25) is 0 Å². The molecular weight excluding hydrogens is 376 g/mol. The van der Waals surface area contributed by atoms with Crippen molar-refractivity contribution in [2.75, 3.05) is 0 Å². The van der Waals surface area contributed by atoms with Crippen LogP contribution < -0.4 is 0 Å². The number of allylic oxidation sites excluding steroid dienone is 1. The lowest BCUT2D eigenvalue weighted by atomic mass is 9.95. The maximum Gasteiger partial charge on any atom is 0.165 e. The summed E-state index contributed by atoms with van der Waals surface area (Å²) < 4.78 is 1.04. The standard InChI is InChI=1S/C12H15BrO.C10H18O/c1-4-9-7-10(13)5-6-11(9)12(14)8(2)3;1-5-10(11)7-6-9(4)8(2)3/h5-8H,4H2,1-3H3;9H,2,5-7H2,1,3-4H3. The lowest BCUT2D eigenvalue weighted by molar-refractivity contribution is -0.118. The van der Waals surface area contributed by atoms with Crippen LogP contribution in [-0.2, 0) is 11.2 Å². The van der Waals surface area contributed by atoms with Gasteiger partial charge >= 0.3 is 0 Å². The van der Waals surface area contributed by atoms with Crippen LogP contribution in [0.3, 0.4) is 0 Å². The molecule has 0 aliphatic heterocycles. The third-order valence-corrected chi connectivity index (χ3v) is 4.82. The summed E-state index contributed by atoms with van der Waals surface area (Å²) in [6.07, 6.45) is 3.24. The monoisotopic (exact) mass is 408 g/mol. The van der Waals surface area contributed by atoms with E-state index in [1.807, 2.05) is 45.9 Å². The highest BCUT2D eigenvalue weighted by Gasteiger charge is 2.13. The fourth-order valence-electron chi connectivity index (χ4n) is 2.21. The Balaban J connectivity index is 0.000000477. The minimum absolute atomic E-state index is 0.0708. The largest absolute Gasteiger partial charge is 0.300 e. The van der Waals surface area contributed by atoms with Crippen LogP contribution in [0.25, 0.3) is 0 Å².